The minimum atomic E-state index is -3.56. The first kappa shape index (κ1) is 21.8. The highest BCUT2D eigenvalue weighted by atomic mass is 32.2. The molecular formula is C16H15F2N3O7S. The molecule has 0 saturated heterocycles. The first-order chi connectivity index (χ1) is 13.5. The van der Waals surface area contributed by atoms with Crippen LogP contribution in [0.5, 0.6) is 11.5 Å². The number of benzene rings is 2. The number of alkyl halides is 2. The summed E-state index contributed by atoms with van der Waals surface area (Å²) in [5, 5.41) is 13.7. The summed E-state index contributed by atoms with van der Waals surface area (Å²) in [4.78, 5) is 22.9. The number of nitrogens with zero attached hydrogens (tertiary/aromatic N) is 1. The second kappa shape index (κ2) is 8.68. The van der Waals surface area contributed by atoms with Gasteiger partial charge >= 0.3 is 6.61 Å². The molecule has 13 heteroatoms. The van der Waals surface area contributed by atoms with Gasteiger partial charge in [-0.05, 0) is 18.2 Å². The fourth-order valence-electron chi connectivity index (χ4n) is 2.30. The van der Waals surface area contributed by atoms with Crippen LogP contribution in [-0.2, 0) is 10.0 Å². The van der Waals surface area contributed by atoms with Crippen molar-refractivity contribution in [2.75, 3.05) is 23.4 Å². The SMILES string of the molecule is COc1cc(C(=O)Nc2cccc(NS(C)(=O)=O)c2)c([N+](=O)[O-])cc1OC(F)F. The zero-order chi connectivity index (χ0) is 21.8. The van der Waals surface area contributed by atoms with E-state index in [9.17, 15) is 32.1 Å². The van der Waals surface area contributed by atoms with Crippen molar-refractivity contribution >= 4 is 33.0 Å². The van der Waals surface area contributed by atoms with Crippen molar-refractivity contribution in [3.63, 3.8) is 0 Å². The van der Waals surface area contributed by atoms with Crippen molar-refractivity contribution in [3.8, 4) is 11.5 Å². The molecule has 0 heterocycles. The molecule has 0 aliphatic carbocycles. The third-order valence-electron chi connectivity index (χ3n) is 3.36. The van der Waals surface area contributed by atoms with Gasteiger partial charge in [-0.15, -0.1) is 0 Å². The number of nitrogens with one attached hydrogen (secondary N) is 2. The molecule has 2 rings (SSSR count). The molecule has 0 spiro atoms. The van der Waals surface area contributed by atoms with Crippen LogP contribution in [0.1, 0.15) is 10.4 Å². The van der Waals surface area contributed by atoms with E-state index in [4.69, 9.17) is 4.74 Å². The molecular weight excluding hydrogens is 416 g/mol. The number of nitro groups is 1. The molecule has 2 aromatic carbocycles. The molecule has 0 atom stereocenters. The molecule has 0 radical (unpaired) electrons. The highest BCUT2D eigenvalue weighted by molar-refractivity contribution is 7.92. The van der Waals surface area contributed by atoms with Crippen LogP contribution in [0.4, 0.5) is 25.8 Å². The van der Waals surface area contributed by atoms with Gasteiger partial charge < -0.3 is 14.8 Å². The minimum absolute atomic E-state index is 0.129. The first-order valence-corrected chi connectivity index (χ1v) is 9.59. The summed E-state index contributed by atoms with van der Waals surface area (Å²) in [6.07, 6.45) is 0.941. The number of hydrogen-bond donors (Lipinski definition) is 2. The summed E-state index contributed by atoms with van der Waals surface area (Å²) in [5.74, 6) is -1.87. The Morgan fingerprint density at radius 1 is 1.17 bits per heavy atom. The lowest BCUT2D eigenvalue weighted by Gasteiger charge is -2.13. The predicted octanol–water partition coefficient (Wildman–Crippen LogP) is 2.83. The number of hydrogen-bond acceptors (Lipinski definition) is 7. The van der Waals surface area contributed by atoms with Gasteiger partial charge in [0.15, 0.2) is 11.5 Å². The Morgan fingerprint density at radius 2 is 1.83 bits per heavy atom. The Bertz CT molecular complexity index is 1040. The standard InChI is InChI=1S/C16H15F2N3O7S/c1-27-13-7-11(12(21(23)24)8-14(13)28-16(17)18)15(22)19-9-4-3-5-10(6-9)20-29(2,25)26/h3-8,16,20H,1-2H3,(H,19,22). The quantitative estimate of drug-likeness (QED) is 0.484. The maximum atomic E-state index is 12.5. The van der Waals surface area contributed by atoms with E-state index >= 15 is 0 Å². The number of nitro benzene ring substituents is 1. The van der Waals surface area contributed by atoms with Crippen LogP contribution in [0.15, 0.2) is 36.4 Å². The topological polar surface area (TPSA) is 137 Å². The second-order valence-corrected chi connectivity index (χ2v) is 7.31. The summed E-state index contributed by atoms with van der Waals surface area (Å²) >= 11 is 0. The van der Waals surface area contributed by atoms with Gasteiger partial charge in [0.2, 0.25) is 10.0 Å². The number of methoxy groups -OCH3 is 1. The maximum absolute atomic E-state index is 12.5. The number of amides is 1. The lowest BCUT2D eigenvalue weighted by molar-refractivity contribution is -0.385. The second-order valence-electron chi connectivity index (χ2n) is 5.56. The normalized spacial score (nSPS) is 11.1. The molecule has 29 heavy (non-hydrogen) atoms. The lowest BCUT2D eigenvalue weighted by atomic mass is 10.1. The number of carbonyl (C=O) groups excluding carboxylic acids is 1. The highest BCUT2D eigenvalue weighted by Crippen LogP contribution is 2.36. The van der Waals surface area contributed by atoms with Crippen LogP contribution in [0.25, 0.3) is 0 Å². The Labute approximate surface area is 163 Å². The van der Waals surface area contributed by atoms with Gasteiger partial charge in [0.05, 0.1) is 30.0 Å². The fraction of sp³-hybridized carbons (Fsp3) is 0.188. The molecule has 0 unspecified atom stereocenters. The number of carbonyl (C=O) groups is 1. The van der Waals surface area contributed by atoms with Gasteiger partial charge in [-0.25, -0.2) is 8.42 Å². The van der Waals surface area contributed by atoms with E-state index in [1.807, 2.05) is 0 Å². The molecule has 0 aliphatic rings. The number of sulfonamides is 1. The van der Waals surface area contributed by atoms with Crippen LogP contribution >= 0.6 is 0 Å². The van der Waals surface area contributed by atoms with E-state index in [1.165, 1.54) is 24.3 Å². The number of anilines is 2. The van der Waals surface area contributed by atoms with Gasteiger partial charge in [0, 0.05) is 11.8 Å². The Morgan fingerprint density at radius 3 is 2.38 bits per heavy atom. The molecule has 0 saturated carbocycles. The Balaban J connectivity index is 2.39. The van der Waals surface area contributed by atoms with Gasteiger partial charge in [-0.3, -0.25) is 19.6 Å². The van der Waals surface area contributed by atoms with Crippen molar-refractivity contribution in [1.29, 1.82) is 0 Å². The van der Waals surface area contributed by atoms with E-state index in [0.29, 0.717) is 6.07 Å². The summed E-state index contributed by atoms with van der Waals surface area (Å²) in [6, 6.07) is 7.13. The molecule has 0 fully saturated rings. The van der Waals surface area contributed by atoms with Crippen LogP contribution < -0.4 is 19.5 Å². The van der Waals surface area contributed by atoms with Crippen molar-refractivity contribution < 1.29 is 36.4 Å². The average Bonchev–Trinajstić information content (AvgIpc) is 2.59. The van der Waals surface area contributed by atoms with E-state index in [0.717, 1.165) is 19.4 Å². The highest BCUT2D eigenvalue weighted by Gasteiger charge is 2.26. The van der Waals surface area contributed by atoms with Gasteiger partial charge in [0.1, 0.15) is 5.56 Å². The van der Waals surface area contributed by atoms with Gasteiger partial charge in [0.25, 0.3) is 11.6 Å². The predicted molar refractivity (Wildman–Crippen MR) is 99.1 cm³/mol. The Kier molecular flexibility index (Phi) is 6.53. The summed E-state index contributed by atoms with van der Waals surface area (Å²) < 4.78 is 58.8. The monoisotopic (exact) mass is 431 g/mol. The molecule has 0 bridgehead atoms. The van der Waals surface area contributed by atoms with E-state index in [-0.39, 0.29) is 17.1 Å². The third-order valence-corrected chi connectivity index (χ3v) is 3.97. The molecule has 0 aromatic heterocycles. The van der Waals surface area contributed by atoms with E-state index in [2.05, 4.69) is 14.8 Å². The minimum Gasteiger partial charge on any atom is -0.493 e. The number of halogens is 2. The van der Waals surface area contributed by atoms with Crippen molar-refractivity contribution in [1.82, 2.24) is 0 Å². The third kappa shape index (κ3) is 6.00. The molecule has 2 N–H and O–H groups in total. The van der Waals surface area contributed by atoms with E-state index in [1.54, 1.807) is 0 Å². The van der Waals surface area contributed by atoms with Crippen molar-refractivity contribution in [3.05, 3.63) is 52.1 Å². The fourth-order valence-corrected chi connectivity index (χ4v) is 2.86. The maximum Gasteiger partial charge on any atom is 0.387 e. The average molecular weight is 431 g/mol. The number of ether oxygens (including phenoxy) is 2. The molecule has 10 nitrogen and oxygen atoms in total. The van der Waals surface area contributed by atoms with Crippen LogP contribution in [-0.4, -0.2) is 39.2 Å². The summed E-state index contributed by atoms with van der Waals surface area (Å²) in [6.45, 7) is -3.26. The van der Waals surface area contributed by atoms with Crippen LogP contribution in [0.3, 0.4) is 0 Å². The molecule has 156 valence electrons. The zero-order valence-electron chi connectivity index (χ0n) is 15.0. The van der Waals surface area contributed by atoms with Crippen molar-refractivity contribution in [2.24, 2.45) is 0 Å². The van der Waals surface area contributed by atoms with Crippen molar-refractivity contribution in [2.45, 2.75) is 6.61 Å². The molecule has 0 aliphatic heterocycles. The summed E-state index contributed by atoms with van der Waals surface area (Å²) in [7, 11) is -2.45. The molecule has 2 aromatic rings. The lowest BCUT2D eigenvalue weighted by Crippen LogP contribution is -2.15. The van der Waals surface area contributed by atoms with E-state index < -0.39 is 44.5 Å². The number of rotatable bonds is 8. The summed E-state index contributed by atoms with van der Waals surface area (Å²) in [5.41, 5.74) is -0.984. The van der Waals surface area contributed by atoms with Crippen LogP contribution in [0, 0.1) is 10.1 Å². The van der Waals surface area contributed by atoms with Gasteiger partial charge in [-0.1, -0.05) is 6.07 Å². The zero-order valence-corrected chi connectivity index (χ0v) is 15.8. The first-order valence-electron chi connectivity index (χ1n) is 7.70. The van der Waals surface area contributed by atoms with Crippen LogP contribution in [0.2, 0.25) is 0 Å². The molecule has 1 amide bonds. The largest absolute Gasteiger partial charge is 0.493 e. The smallest absolute Gasteiger partial charge is 0.387 e. The van der Waals surface area contributed by atoms with Gasteiger partial charge in [-0.2, -0.15) is 8.78 Å². The Hall–Kier alpha value is -3.48.